The maximum absolute atomic E-state index is 13.2. The Morgan fingerprint density at radius 2 is 2.06 bits per heavy atom. The molecular formula is C27H38N2O3S. The smallest absolute Gasteiger partial charge is 0.226 e. The van der Waals surface area contributed by atoms with Gasteiger partial charge < -0.3 is 19.3 Å². The van der Waals surface area contributed by atoms with Crippen LogP contribution in [0, 0.1) is 18.8 Å². The van der Waals surface area contributed by atoms with Gasteiger partial charge in [-0.2, -0.15) is 0 Å². The second-order valence-corrected chi connectivity index (χ2v) is 10.9. The molecule has 1 atom stereocenters. The molecular weight excluding hydrogens is 432 g/mol. The number of likely N-dealkylation sites (tertiary alicyclic amines) is 1. The summed E-state index contributed by atoms with van der Waals surface area (Å²) in [7, 11) is 2.19. The molecule has 180 valence electrons. The molecule has 0 saturated carbocycles. The van der Waals surface area contributed by atoms with Crippen LogP contribution >= 0.6 is 11.3 Å². The Bertz CT molecular complexity index is 953. The summed E-state index contributed by atoms with van der Waals surface area (Å²) in [6.45, 7) is 11.0. The van der Waals surface area contributed by atoms with E-state index in [-0.39, 0.29) is 11.8 Å². The van der Waals surface area contributed by atoms with Gasteiger partial charge in [-0.1, -0.05) is 13.8 Å². The van der Waals surface area contributed by atoms with Crippen LogP contribution in [0.1, 0.15) is 50.0 Å². The minimum absolute atomic E-state index is 0.0775. The molecule has 0 spiro atoms. The van der Waals surface area contributed by atoms with Crippen LogP contribution in [0.5, 0.6) is 11.5 Å². The zero-order chi connectivity index (χ0) is 23.4. The van der Waals surface area contributed by atoms with Crippen molar-refractivity contribution in [1.82, 2.24) is 9.80 Å². The van der Waals surface area contributed by atoms with E-state index < -0.39 is 0 Å². The number of hydrogen-bond donors (Lipinski definition) is 0. The number of piperidine rings is 1. The summed E-state index contributed by atoms with van der Waals surface area (Å²) in [4.78, 5) is 20.0. The molecule has 1 saturated heterocycles. The van der Waals surface area contributed by atoms with E-state index in [9.17, 15) is 4.79 Å². The second-order valence-electron chi connectivity index (χ2n) is 9.58. The molecule has 1 fully saturated rings. The predicted octanol–water partition coefficient (Wildman–Crippen LogP) is 5.60. The Morgan fingerprint density at radius 1 is 1.24 bits per heavy atom. The molecule has 0 radical (unpaired) electrons. The van der Waals surface area contributed by atoms with Gasteiger partial charge in [0.05, 0.1) is 13.2 Å². The maximum Gasteiger partial charge on any atom is 0.226 e. The van der Waals surface area contributed by atoms with Crippen molar-refractivity contribution in [3.63, 3.8) is 0 Å². The predicted molar refractivity (Wildman–Crippen MR) is 135 cm³/mol. The first-order chi connectivity index (χ1) is 16.0. The van der Waals surface area contributed by atoms with E-state index in [4.69, 9.17) is 9.47 Å². The average molecular weight is 471 g/mol. The SMILES string of the molecule is CCC(CC)C(=O)N1CCOc2c(cc(-c3ccc(C)s3)cc2OCC2CCCN(C)C2)C1. The molecule has 2 aliphatic heterocycles. The van der Waals surface area contributed by atoms with Crippen LogP contribution in [0.2, 0.25) is 0 Å². The first-order valence-electron chi connectivity index (χ1n) is 12.4. The number of fused-ring (bicyclic) bond motifs is 1. The number of rotatable bonds is 7. The van der Waals surface area contributed by atoms with E-state index >= 15 is 0 Å². The van der Waals surface area contributed by atoms with Crippen molar-refractivity contribution >= 4 is 17.2 Å². The lowest BCUT2D eigenvalue weighted by atomic mass is 9.99. The van der Waals surface area contributed by atoms with E-state index in [1.54, 1.807) is 11.3 Å². The summed E-state index contributed by atoms with van der Waals surface area (Å²) in [5, 5.41) is 0. The Hall–Kier alpha value is -2.05. The van der Waals surface area contributed by atoms with E-state index in [0.29, 0.717) is 32.2 Å². The largest absolute Gasteiger partial charge is 0.489 e. The summed E-state index contributed by atoms with van der Waals surface area (Å²) >= 11 is 1.79. The molecule has 2 aromatic rings. The van der Waals surface area contributed by atoms with Crippen molar-refractivity contribution in [2.75, 3.05) is 39.9 Å². The van der Waals surface area contributed by atoms with Gasteiger partial charge in [-0.25, -0.2) is 0 Å². The zero-order valence-corrected chi connectivity index (χ0v) is 21.4. The van der Waals surface area contributed by atoms with Gasteiger partial charge >= 0.3 is 0 Å². The third kappa shape index (κ3) is 5.72. The molecule has 0 N–H and O–H groups in total. The Morgan fingerprint density at radius 3 is 2.76 bits per heavy atom. The van der Waals surface area contributed by atoms with Crippen LogP contribution in [0.15, 0.2) is 24.3 Å². The Balaban J connectivity index is 1.63. The minimum Gasteiger partial charge on any atom is -0.489 e. The van der Waals surface area contributed by atoms with Gasteiger partial charge in [-0.05, 0) is 76.0 Å². The van der Waals surface area contributed by atoms with Crippen molar-refractivity contribution in [1.29, 1.82) is 0 Å². The van der Waals surface area contributed by atoms with Crippen molar-refractivity contribution < 1.29 is 14.3 Å². The standard InChI is InChI=1S/C27H38N2O3S/c1-5-21(6-2)27(30)29-12-13-31-26-23(17-29)14-22(25-10-9-19(3)33-25)15-24(26)32-18-20-8-7-11-28(4)16-20/h9-10,14-15,20-21H,5-8,11-13,16-18H2,1-4H3. The van der Waals surface area contributed by atoms with Gasteiger partial charge in [0.25, 0.3) is 0 Å². The third-order valence-corrected chi connectivity index (χ3v) is 8.02. The lowest BCUT2D eigenvalue weighted by Crippen LogP contribution is -2.36. The number of carbonyl (C=O) groups is 1. The molecule has 3 heterocycles. The zero-order valence-electron chi connectivity index (χ0n) is 20.6. The van der Waals surface area contributed by atoms with Crippen molar-refractivity contribution in [2.24, 2.45) is 11.8 Å². The number of aryl methyl sites for hydroxylation is 1. The molecule has 1 unspecified atom stereocenters. The maximum atomic E-state index is 13.2. The van der Waals surface area contributed by atoms with Crippen LogP contribution < -0.4 is 9.47 Å². The van der Waals surface area contributed by atoms with E-state index in [1.165, 1.54) is 29.1 Å². The van der Waals surface area contributed by atoms with Gasteiger partial charge in [0.15, 0.2) is 11.5 Å². The van der Waals surface area contributed by atoms with Crippen LogP contribution in [-0.2, 0) is 11.3 Å². The third-order valence-electron chi connectivity index (χ3n) is 6.97. The van der Waals surface area contributed by atoms with Gasteiger partial charge in [-0.15, -0.1) is 11.3 Å². The summed E-state index contributed by atoms with van der Waals surface area (Å²) in [6.07, 6.45) is 4.17. The fourth-order valence-electron chi connectivity index (χ4n) is 5.02. The molecule has 4 rings (SSSR count). The Labute approximate surface area is 202 Å². The van der Waals surface area contributed by atoms with E-state index in [0.717, 1.165) is 42.0 Å². The molecule has 33 heavy (non-hydrogen) atoms. The van der Waals surface area contributed by atoms with Gasteiger partial charge in [0, 0.05) is 40.2 Å². The van der Waals surface area contributed by atoms with E-state index in [2.05, 4.69) is 57.0 Å². The molecule has 5 nitrogen and oxygen atoms in total. The average Bonchev–Trinajstić information content (AvgIpc) is 3.12. The summed E-state index contributed by atoms with van der Waals surface area (Å²) < 4.78 is 12.7. The number of ether oxygens (including phenoxy) is 2. The number of carbonyl (C=O) groups excluding carboxylic acids is 1. The van der Waals surface area contributed by atoms with Crippen molar-refractivity contribution in [3.8, 4) is 21.9 Å². The van der Waals surface area contributed by atoms with Gasteiger partial charge in [0.1, 0.15) is 6.61 Å². The number of hydrogen-bond acceptors (Lipinski definition) is 5. The number of thiophene rings is 1. The highest BCUT2D eigenvalue weighted by atomic mass is 32.1. The van der Waals surface area contributed by atoms with Crippen molar-refractivity contribution in [2.45, 2.75) is 53.0 Å². The number of nitrogens with zero attached hydrogens (tertiary/aromatic N) is 2. The molecule has 0 bridgehead atoms. The highest BCUT2D eigenvalue weighted by Gasteiger charge is 2.27. The topological polar surface area (TPSA) is 42.0 Å². The molecule has 1 aromatic heterocycles. The normalized spacial score (nSPS) is 19.2. The molecule has 1 amide bonds. The van der Waals surface area contributed by atoms with Crippen LogP contribution in [0.4, 0.5) is 0 Å². The van der Waals surface area contributed by atoms with Gasteiger partial charge in [-0.3, -0.25) is 4.79 Å². The molecule has 1 aromatic carbocycles. The van der Waals surface area contributed by atoms with Crippen molar-refractivity contribution in [3.05, 3.63) is 34.7 Å². The lowest BCUT2D eigenvalue weighted by molar-refractivity contribution is -0.136. The molecule has 6 heteroatoms. The van der Waals surface area contributed by atoms with Gasteiger partial charge in [0.2, 0.25) is 5.91 Å². The fourth-order valence-corrected chi connectivity index (χ4v) is 5.88. The fraction of sp³-hybridized carbons (Fsp3) is 0.593. The number of benzene rings is 1. The lowest BCUT2D eigenvalue weighted by Gasteiger charge is -2.29. The van der Waals surface area contributed by atoms with Crippen LogP contribution in [-0.4, -0.2) is 55.6 Å². The van der Waals surface area contributed by atoms with Crippen LogP contribution in [0.25, 0.3) is 10.4 Å². The monoisotopic (exact) mass is 470 g/mol. The van der Waals surface area contributed by atoms with E-state index in [1.807, 2.05) is 4.90 Å². The van der Waals surface area contributed by atoms with Crippen LogP contribution in [0.3, 0.4) is 0 Å². The summed E-state index contributed by atoms with van der Waals surface area (Å²) in [6, 6.07) is 8.66. The summed E-state index contributed by atoms with van der Waals surface area (Å²) in [5.74, 6) is 2.48. The number of amides is 1. The minimum atomic E-state index is 0.0775. The highest BCUT2D eigenvalue weighted by molar-refractivity contribution is 7.15. The molecule has 2 aliphatic rings. The summed E-state index contributed by atoms with van der Waals surface area (Å²) in [5.41, 5.74) is 2.19. The Kier molecular flexibility index (Phi) is 7.97. The highest BCUT2D eigenvalue weighted by Crippen LogP contribution is 2.41. The quantitative estimate of drug-likeness (QED) is 0.528. The second kappa shape index (κ2) is 10.9. The molecule has 0 aliphatic carbocycles. The first-order valence-corrected chi connectivity index (χ1v) is 13.3. The first kappa shape index (κ1) is 24.1.